The molecule has 0 aromatic carbocycles. The van der Waals surface area contributed by atoms with E-state index < -0.39 is 0 Å². The van der Waals surface area contributed by atoms with Gasteiger partial charge in [-0.25, -0.2) is 9.98 Å². The Balaban J connectivity index is 2.45. The first-order chi connectivity index (χ1) is 5.27. The number of amidine groups is 1. The maximum Gasteiger partial charge on any atom is 0.220 e. The lowest BCUT2D eigenvalue weighted by atomic mass is 10.2. The molecule has 5 heteroatoms. The molecule has 0 amide bonds. The highest BCUT2D eigenvalue weighted by Crippen LogP contribution is 2.15. The molecule has 0 radical (unpaired) electrons. The van der Waals surface area contributed by atoms with E-state index in [-0.39, 0.29) is 11.3 Å². The second-order valence-electron chi connectivity index (χ2n) is 2.10. The highest BCUT2D eigenvalue weighted by Gasteiger charge is 2.24. The normalized spacial score (nSPS) is 27.5. The lowest BCUT2D eigenvalue weighted by Gasteiger charge is -2.09. The minimum atomic E-state index is -0.118. The summed E-state index contributed by atoms with van der Waals surface area (Å²) in [5, 5.41) is 0.519. The number of aliphatic imine (C=N–C) groups is 3. The Kier molecular flexibility index (Phi) is 1.55. The van der Waals surface area contributed by atoms with Crippen LogP contribution in [0, 0.1) is 0 Å². The van der Waals surface area contributed by atoms with Crippen LogP contribution in [0.3, 0.4) is 0 Å². The van der Waals surface area contributed by atoms with Crippen LogP contribution in [0.4, 0.5) is 0 Å². The van der Waals surface area contributed by atoms with Crippen molar-refractivity contribution >= 4 is 39.4 Å². The molecule has 2 aliphatic heterocycles. The lowest BCUT2D eigenvalue weighted by Crippen LogP contribution is -2.24. The van der Waals surface area contributed by atoms with E-state index in [0.717, 1.165) is 0 Å². The van der Waals surface area contributed by atoms with Crippen LogP contribution in [0.5, 0.6) is 0 Å². The van der Waals surface area contributed by atoms with Gasteiger partial charge in [-0.1, -0.05) is 11.6 Å². The van der Waals surface area contributed by atoms with E-state index in [9.17, 15) is 0 Å². The minimum Gasteiger partial charge on any atom is -0.256 e. The molecule has 0 saturated carbocycles. The van der Waals surface area contributed by atoms with E-state index in [1.54, 1.807) is 6.20 Å². The summed E-state index contributed by atoms with van der Waals surface area (Å²) in [5.74, 6) is 0. The number of halogens is 2. The fourth-order valence-electron chi connectivity index (χ4n) is 0.934. The van der Waals surface area contributed by atoms with Gasteiger partial charge in [-0.05, 0) is 17.7 Å². The summed E-state index contributed by atoms with van der Waals surface area (Å²) in [7, 11) is 0. The molecule has 0 fully saturated rings. The monoisotopic (exact) mass is 187 g/mol. The average molecular weight is 188 g/mol. The molecule has 2 heterocycles. The second-order valence-corrected chi connectivity index (χ2v) is 2.80. The predicted molar refractivity (Wildman–Crippen MR) is 46.9 cm³/mol. The Morgan fingerprint density at radius 2 is 2.18 bits per heavy atom. The molecule has 0 unspecified atom stereocenters. The van der Waals surface area contributed by atoms with E-state index in [2.05, 4.69) is 15.0 Å². The van der Waals surface area contributed by atoms with Gasteiger partial charge in [0.25, 0.3) is 0 Å². The zero-order chi connectivity index (χ0) is 7.84. The van der Waals surface area contributed by atoms with E-state index in [1.165, 1.54) is 0 Å². The van der Waals surface area contributed by atoms with Gasteiger partial charge < -0.3 is 0 Å². The Hall–Kier alpha value is -0.670. The standard InChI is InChI=1S/C6H3Cl2N3/c7-5-4-3(1-2-9-4)10-6(8)11-5/h1-3H/t3-/m0/s1. The molecule has 2 aliphatic rings. The van der Waals surface area contributed by atoms with E-state index in [0.29, 0.717) is 10.9 Å². The summed E-state index contributed by atoms with van der Waals surface area (Å²) in [5.41, 5.74) is 0.677. The first-order valence-corrected chi connectivity index (χ1v) is 3.75. The van der Waals surface area contributed by atoms with Gasteiger partial charge in [-0.2, -0.15) is 0 Å². The van der Waals surface area contributed by atoms with Gasteiger partial charge in [0.15, 0.2) is 5.17 Å². The van der Waals surface area contributed by atoms with Gasteiger partial charge >= 0.3 is 0 Å². The third-order valence-electron chi connectivity index (χ3n) is 1.41. The molecule has 0 N–H and O–H groups in total. The molecule has 0 spiro atoms. The average Bonchev–Trinajstić information content (AvgIpc) is 2.34. The van der Waals surface area contributed by atoms with Crippen LogP contribution < -0.4 is 0 Å². The van der Waals surface area contributed by atoms with Crippen molar-refractivity contribution in [3.63, 3.8) is 0 Å². The molecule has 0 saturated heterocycles. The Bertz CT molecular complexity index is 314. The Labute approximate surface area is 73.2 Å². The van der Waals surface area contributed by atoms with Gasteiger partial charge in [0.2, 0.25) is 5.29 Å². The zero-order valence-corrected chi connectivity index (χ0v) is 6.84. The van der Waals surface area contributed by atoms with Crippen LogP contribution in [0.1, 0.15) is 0 Å². The molecule has 0 bridgehead atoms. The molecule has 3 nitrogen and oxygen atoms in total. The van der Waals surface area contributed by atoms with Crippen LogP contribution in [-0.4, -0.2) is 22.2 Å². The fourth-order valence-corrected chi connectivity index (χ4v) is 1.41. The minimum absolute atomic E-state index is 0.118. The first kappa shape index (κ1) is 7.00. The highest BCUT2D eigenvalue weighted by atomic mass is 35.5. The molecule has 0 aliphatic carbocycles. The van der Waals surface area contributed by atoms with Crippen molar-refractivity contribution in [2.24, 2.45) is 15.0 Å². The summed E-state index contributed by atoms with van der Waals surface area (Å²) in [6, 6.07) is -0.118. The summed E-state index contributed by atoms with van der Waals surface area (Å²) in [6.45, 7) is 0. The number of rotatable bonds is 0. The number of hydrogen-bond acceptors (Lipinski definition) is 3. The Morgan fingerprint density at radius 1 is 1.36 bits per heavy atom. The summed E-state index contributed by atoms with van der Waals surface area (Å²) < 4.78 is 0. The molecule has 0 aromatic rings. The van der Waals surface area contributed by atoms with Crippen molar-refractivity contribution in [3.8, 4) is 0 Å². The van der Waals surface area contributed by atoms with Crippen LogP contribution >= 0.6 is 23.2 Å². The fraction of sp³-hybridized carbons (Fsp3) is 0.167. The van der Waals surface area contributed by atoms with E-state index in [4.69, 9.17) is 23.2 Å². The van der Waals surface area contributed by atoms with Crippen molar-refractivity contribution in [2.75, 3.05) is 0 Å². The molecule has 2 rings (SSSR count). The largest absolute Gasteiger partial charge is 0.256 e. The molecule has 1 atom stereocenters. The highest BCUT2D eigenvalue weighted by molar-refractivity contribution is 6.87. The lowest BCUT2D eigenvalue weighted by molar-refractivity contribution is 1.10. The quantitative estimate of drug-likeness (QED) is 0.517. The van der Waals surface area contributed by atoms with Gasteiger partial charge in [0.05, 0.1) is 0 Å². The summed E-state index contributed by atoms with van der Waals surface area (Å²) >= 11 is 11.3. The van der Waals surface area contributed by atoms with Crippen molar-refractivity contribution < 1.29 is 0 Å². The second kappa shape index (κ2) is 2.43. The maximum atomic E-state index is 5.73. The van der Waals surface area contributed by atoms with Crippen molar-refractivity contribution in [1.82, 2.24) is 0 Å². The molecule has 56 valence electrons. The molecule has 11 heavy (non-hydrogen) atoms. The Morgan fingerprint density at radius 3 is 3.00 bits per heavy atom. The van der Waals surface area contributed by atoms with Gasteiger partial charge in [0, 0.05) is 6.20 Å². The number of nitrogens with zero attached hydrogens (tertiary/aromatic N) is 3. The van der Waals surface area contributed by atoms with Gasteiger partial charge in [0.1, 0.15) is 11.8 Å². The van der Waals surface area contributed by atoms with E-state index >= 15 is 0 Å². The molecular weight excluding hydrogens is 185 g/mol. The number of hydrogen-bond donors (Lipinski definition) is 0. The van der Waals surface area contributed by atoms with Gasteiger partial charge in [-0.3, -0.25) is 4.99 Å². The molecular formula is C6H3Cl2N3. The van der Waals surface area contributed by atoms with Crippen molar-refractivity contribution in [1.29, 1.82) is 0 Å². The predicted octanol–water partition coefficient (Wildman–Crippen LogP) is 1.57. The van der Waals surface area contributed by atoms with Crippen molar-refractivity contribution in [3.05, 3.63) is 12.3 Å². The third-order valence-corrected chi connectivity index (χ3v) is 1.87. The van der Waals surface area contributed by atoms with Crippen LogP contribution in [0.2, 0.25) is 0 Å². The van der Waals surface area contributed by atoms with Crippen LogP contribution in [0.15, 0.2) is 27.3 Å². The van der Waals surface area contributed by atoms with E-state index in [1.807, 2.05) is 6.08 Å². The smallest absolute Gasteiger partial charge is 0.220 e. The maximum absolute atomic E-state index is 5.73. The summed E-state index contributed by atoms with van der Waals surface area (Å²) in [4.78, 5) is 11.7. The first-order valence-electron chi connectivity index (χ1n) is 2.99. The SMILES string of the molecule is ClC1=N[C@H]2C=CN=C2C(Cl)=N1. The third kappa shape index (κ3) is 1.10. The zero-order valence-electron chi connectivity index (χ0n) is 5.33. The molecule has 0 aromatic heterocycles. The topological polar surface area (TPSA) is 37.1 Å². The van der Waals surface area contributed by atoms with Crippen LogP contribution in [0.25, 0.3) is 0 Å². The number of fused-ring (bicyclic) bond motifs is 1. The van der Waals surface area contributed by atoms with Crippen molar-refractivity contribution in [2.45, 2.75) is 6.04 Å². The van der Waals surface area contributed by atoms with Crippen LogP contribution in [-0.2, 0) is 0 Å². The summed E-state index contributed by atoms with van der Waals surface area (Å²) in [6.07, 6.45) is 3.46. The van der Waals surface area contributed by atoms with Gasteiger partial charge in [-0.15, -0.1) is 0 Å².